The highest BCUT2D eigenvalue weighted by atomic mass is 32.2. The van der Waals surface area contributed by atoms with E-state index in [1.807, 2.05) is 20.1 Å². The van der Waals surface area contributed by atoms with E-state index in [0.29, 0.717) is 6.54 Å². The largest absolute Gasteiger partial charge is 0.397 e. The van der Waals surface area contributed by atoms with Gasteiger partial charge >= 0.3 is 0 Å². The molecule has 0 spiro atoms. The molecule has 0 atom stereocenters. The van der Waals surface area contributed by atoms with Crippen LogP contribution in [0.1, 0.15) is 13.8 Å². The maximum atomic E-state index is 13.4. The number of anilines is 2. The van der Waals surface area contributed by atoms with Gasteiger partial charge in [0.25, 0.3) is 0 Å². The van der Waals surface area contributed by atoms with Crippen LogP contribution in [-0.4, -0.2) is 17.5 Å². The van der Waals surface area contributed by atoms with Crippen molar-refractivity contribution in [2.45, 2.75) is 18.6 Å². The Morgan fingerprint density at radius 1 is 1.38 bits per heavy atom. The highest BCUT2D eigenvalue weighted by Crippen LogP contribution is 2.27. The second kappa shape index (κ2) is 4.91. The van der Waals surface area contributed by atoms with Gasteiger partial charge in [-0.05, 0) is 32.2 Å². The van der Waals surface area contributed by atoms with Crippen molar-refractivity contribution in [3.8, 4) is 0 Å². The van der Waals surface area contributed by atoms with Crippen LogP contribution < -0.4 is 11.1 Å². The van der Waals surface area contributed by atoms with Gasteiger partial charge in [0.2, 0.25) is 0 Å². The first-order chi connectivity index (χ1) is 7.37. The van der Waals surface area contributed by atoms with Crippen molar-refractivity contribution in [1.29, 1.82) is 0 Å². The van der Waals surface area contributed by atoms with Crippen LogP contribution in [0.4, 0.5) is 20.2 Å². The summed E-state index contributed by atoms with van der Waals surface area (Å²) in [6.07, 6.45) is 1.97. The van der Waals surface area contributed by atoms with E-state index >= 15 is 0 Å². The summed E-state index contributed by atoms with van der Waals surface area (Å²) in [7, 11) is 0. The molecule has 0 aliphatic carbocycles. The van der Waals surface area contributed by atoms with E-state index in [0.717, 1.165) is 6.07 Å². The van der Waals surface area contributed by atoms with Gasteiger partial charge < -0.3 is 11.1 Å². The van der Waals surface area contributed by atoms with Gasteiger partial charge in [0, 0.05) is 11.3 Å². The summed E-state index contributed by atoms with van der Waals surface area (Å²) in [6.45, 7) is 4.54. The molecule has 16 heavy (non-hydrogen) atoms. The molecule has 0 bridgehead atoms. The molecule has 0 amide bonds. The highest BCUT2D eigenvalue weighted by molar-refractivity contribution is 7.99. The molecule has 0 unspecified atom stereocenters. The van der Waals surface area contributed by atoms with Crippen LogP contribution in [0.25, 0.3) is 0 Å². The molecular weight excluding hydrogens is 230 g/mol. The average molecular weight is 246 g/mol. The van der Waals surface area contributed by atoms with Crippen LogP contribution in [0, 0.1) is 11.6 Å². The van der Waals surface area contributed by atoms with Crippen molar-refractivity contribution in [2.24, 2.45) is 0 Å². The molecule has 0 aliphatic heterocycles. The molecule has 0 aliphatic rings. The topological polar surface area (TPSA) is 38.0 Å². The van der Waals surface area contributed by atoms with Crippen LogP contribution in [-0.2, 0) is 0 Å². The summed E-state index contributed by atoms with van der Waals surface area (Å²) in [5.74, 6) is -1.81. The molecule has 0 saturated carbocycles. The SMILES string of the molecule is CSC(C)(C)CNc1c(N)ccc(F)c1F. The fourth-order valence-corrected chi connectivity index (χ4v) is 1.34. The number of rotatable bonds is 4. The third-order valence-corrected chi connectivity index (χ3v) is 3.62. The second-order valence-electron chi connectivity index (χ2n) is 4.14. The van der Waals surface area contributed by atoms with Gasteiger partial charge in [0.15, 0.2) is 11.6 Å². The van der Waals surface area contributed by atoms with Crippen LogP contribution in [0.5, 0.6) is 0 Å². The number of hydrogen-bond donors (Lipinski definition) is 2. The Balaban J connectivity index is 2.86. The molecule has 1 rings (SSSR count). The summed E-state index contributed by atoms with van der Waals surface area (Å²) in [6, 6.07) is 2.38. The van der Waals surface area contributed by atoms with E-state index < -0.39 is 11.6 Å². The van der Waals surface area contributed by atoms with Crippen molar-refractivity contribution in [3.05, 3.63) is 23.8 Å². The first kappa shape index (κ1) is 13.1. The van der Waals surface area contributed by atoms with E-state index in [2.05, 4.69) is 5.32 Å². The van der Waals surface area contributed by atoms with E-state index in [1.165, 1.54) is 6.07 Å². The first-order valence-corrected chi connectivity index (χ1v) is 6.12. The average Bonchev–Trinajstić information content (AvgIpc) is 2.24. The van der Waals surface area contributed by atoms with Crippen LogP contribution in [0.15, 0.2) is 12.1 Å². The number of hydrogen-bond acceptors (Lipinski definition) is 3. The minimum Gasteiger partial charge on any atom is -0.397 e. The van der Waals surface area contributed by atoms with Gasteiger partial charge in [0.1, 0.15) is 0 Å². The van der Waals surface area contributed by atoms with Crippen LogP contribution in [0.2, 0.25) is 0 Å². The van der Waals surface area contributed by atoms with Crippen molar-refractivity contribution in [1.82, 2.24) is 0 Å². The number of nitrogens with two attached hydrogens (primary N) is 1. The molecule has 1 aromatic carbocycles. The number of benzene rings is 1. The lowest BCUT2D eigenvalue weighted by Crippen LogP contribution is -2.26. The zero-order valence-corrected chi connectivity index (χ0v) is 10.4. The van der Waals surface area contributed by atoms with Gasteiger partial charge in [-0.3, -0.25) is 0 Å². The Kier molecular flexibility index (Phi) is 4.02. The number of thioether (sulfide) groups is 1. The summed E-state index contributed by atoms with van der Waals surface area (Å²) < 4.78 is 26.3. The number of halogens is 2. The molecular formula is C11H16F2N2S. The van der Waals surface area contributed by atoms with E-state index in [-0.39, 0.29) is 16.1 Å². The minimum absolute atomic E-state index is 0.0436. The summed E-state index contributed by atoms with van der Waals surface area (Å²) >= 11 is 1.64. The maximum Gasteiger partial charge on any atom is 0.183 e. The molecule has 0 heterocycles. The molecule has 90 valence electrons. The zero-order chi connectivity index (χ0) is 12.3. The molecule has 5 heteroatoms. The fourth-order valence-electron chi connectivity index (χ4n) is 1.12. The van der Waals surface area contributed by atoms with Gasteiger partial charge in [-0.1, -0.05) is 0 Å². The monoisotopic (exact) mass is 246 g/mol. The lowest BCUT2D eigenvalue weighted by Gasteiger charge is -2.23. The summed E-state index contributed by atoms with van der Waals surface area (Å²) in [5.41, 5.74) is 5.85. The van der Waals surface area contributed by atoms with Gasteiger partial charge in [-0.2, -0.15) is 11.8 Å². The molecule has 3 N–H and O–H groups in total. The Hall–Kier alpha value is -0.970. The van der Waals surface area contributed by atoms with Crippen molar-refractivity contribution in [3.63, 3.8) is 0 Å². The Morgan fingerprint density at radius 3 is 2.56 bits per heavy atom. The highest BCUT2D eigenvalue weighted by Gasteiger charge is 2.18. The molecule has 1 aromatic rings. The normalized spacial score (nSPS) is 11.6. The molecule has 0 fully saturated rings. The lowest BCUT2D eigenvalue weighted by atomic mass is 10.2. The number of nitrogen functional groups attached to an aromatic ring is 1. The second-order valence-corrected chi connectivity index (χ2v) is 5.66. The fraction of sp³-hybridized carbons (Fsp3) is 0.455. The van der Waals surface area contributed by atoms with Crippen LogP contribution >= 0.6 is 11.8 Å². The van der Waals surface area contributed by atoms with E-state index in [4.69, 9.17) is 5.73 Å². The lowest BCUT2D eigenvalue weighted by molar-refractivity contribution is 0.511. The standard InChI is InChI=1S/C11H16F2N2S/c1-11(2,16-3)6-15-10-8(14)5-4-7(12)9(10)13/h4-5,15H,6,14H2,1-3H3. The van der Waals surface area contributed by atoms with Crippen LogP contribution in [0.3, 0.4) is 0 Å². The molecule has 2 nitrogen and oxygen atoms in total. The van der Waals surface area contributed by atoms with E-state index in [9.17, 15) is 8.78 Å². The van der Waals surface area contributed by atoms with Gasteiger partial charge in [-0.15, -0.1) is 0 Å². The maximum absolute atomic E-state index is 13.4. The Morgan fingerprint density at radius 2 is 2.00 bits per heavy atom. The number of nitrogens with one attached hydrogen (secondary N) is 1. The molecule has 0 aromatic heterocycles. The Labute approximate surface area is 98.6 Å². The Bertz CT molecular complexity index is 380. The summed E-state index contributed by atoms with van der Waals surface area (Å²) in [4.78, 5) is 0. The third-order valence-electron chi connectivity index (χ3n) is 2.37. The van der Waals surface area contributed by atoms with Crippen molar-refractivity contribution < 1.29 is 8.78 Å². The molecule has 0 radical (unpaired) electrons. The first-order valence-electron chi connectivity index (χ1n) is 4.90. The predicted molar refractivity (Wildman–Crippen MR) is 66.9 cm³/mol. The molecule has 0 saturated heterocycles. The van der Waals surface area contributed by atoms with E-state index in [1.54, 1.807) is 11.8 Å². The third kappa shape index (κ3) is 3.01. The zero-order valence-electron chi connectivity index (χ0n) is 9.60. The smallest absolute Gasteiger partial charge is 0.183 e. The summed E-state index contributed by atoms with van der Waals surface area (Å²) in [5, 5.41) is 2.85. The van der Waals surface area contributed by atoms with Gasteiger partial charge in [-0.25, -0.2) is 8.78 Å². The van der Waals surface area contributed by atoms with Gasteiger partial charge in [0.05, 0.1) is 11.4 Å². The van der Waals surface area contributed by atoms with Crippen molar-refractivity contribution in [2.75, 3.05) is 23.9 Å². The van der Waals surface area contributed by atoms with Crippen molar-refractivity contribution >= 4 is 23.1 Å². The predicted octanol–water partition coefficient (Wildman–Crippen LogP) is 3.10. The quantitative estimate of drug-likeness (QED) is 0.802. The minimum atomic E-state index is -0.920.